The van der Waals surface area contributed by atoms with Crippen molar-refractivity contribution in [2.24, 2.45) is 0 Å². The molecule has 1 N–H and O–H groups in total. The molecule has 0 fully saturated rings. The van der Waals surface area contributed by atoms with E-state index < -0.39 is 18.1 Å². The van der Waals surface area contributed by atoms with Gasteiger partial charge in [0.05, 0.1) is 34.4 Å². The number of rotatable bonds is 40. The predicted molar refractivity (Wildman–Crippen MR) is 229 cm³/mol. The molecule has 0 aromatic carbocycles. The molecular weight excluding hydrogens is 691 g/mol. The summed E-state index contributed by atoms with van der Waals surface area (Å²) >= 11 is 0. The summed E-state index contributed by atoms with van der Waals surface area (Å²) in [5.41, 5.74) is 0. The average Bonchev–Trinajstić information content (AvgIpc) is 3.14. The van der Waals surface area contributed by atoms with Crippen molar-refractivity contribution in [3.05, 3.63) is 36.5 Å². The van der Waals surface area contributed by atoms with Crippen LogP contribution >= 0.6 is 0 Å². The van der Waals surface area contributed by atoms with Crippen LogP contribution in [-0.4, -0.2) is 80.6 Å². The van der Waals surface area contributed by atoms with Crippen molar-refractivity contribution < 1.29 is 38.2 Å². The van der Waals surface area contributed by atoms with Gasteiger partial charge < -0.3 is 23.8 Å². The Morgan fingerprint density at radius 3 is 1.47 bits per heavy atom. The number of nitrogens with zero attached hydrogens (tertiary/aromatic N) is 1. The summed E-state index contributed by atoms with van der Waals surface area (Å²) < 4.78 is 17.3. The van der Waals surface area contributed by atoms with Gasteiger partial charge in [0.15, 0.2) is 12.1 Å². The van der Waals surface area contributed by atoms with Crippen molar-refractivity contribution >= 4 is 17.9 Å². The number of hydrogen-bond acceptors (Lipinski definition) is 6. The Bertz CT molecular complexity index is 1000. The quantitative estimate of drug-likeness (QED) is 0.0286. The minimum absolute atomic E-state index is 0.0542. The van der Waals surface area contributed by atoms with Crippen molar-refractivity contribution in [1.29, 1.82) is 0 Å². The first-order valence-electron chi connectivity index (χ1n) is 22.5. The van der Waals surface area contributed by atoms with E-state index in [1.165, 1.54) is 96.3 Å². The van der Waals surface area contributed by atoms with Crippen LogP contribution in [0.25, 0.3) is 0 Å². The number of esters is 2. The molecule has 55 heavy (non-hydrogen) atoms. The maximum absolute atomic E-state index is 12.7. The van der Waals surface area contributed by atoms with Crippen LogP contribution in [0, 0.1) is 0 Å². The first kappa shape index (κ1) is 52.6. The Morgan fingerprint density at radius 1 is 0.545 bits per heavy atom. The molecule has 0 radical (unpaired) electrons. The van der Waals surface area contributed by atoms with Crippen LogP contribution in [0.4, 0.5) is 0 Å². The molecule has 0 aliphatic carbocycles. The zero-order valence-corrected chi connectivity index (χ0v) is 36.4. The molecule has 2 unspecified atom stereocenters. The van der Waals surface area contributed by atoms with E-state index in [1.807, 2.05) is 21.1 Å². The summed E-state index contributed by atoms with van der Waals surface area (Å²) in [5.74, 6) is -1.49. The second-order valence-electron chi connectivity index (χ2n) is 16.3. The molecule has 0 aliphatic heterocycles. The number of unbranched alkanes of at least 4 members (excludes halogenated alkanes) is 20. The number of carbonyl (C=O) groups excluding carboxylic acids is 2. The number of ether oxygens (including phenoxy) is 3. The summed E-state index contributed by atoms with van der Waals surface area (Å²) in [5, 5.41) is 9.62. The van der Waals surface area contributed by atoms with Crippen molar-refractivity contribution in [2.75, 3.05) is 41.0 Å². The Morgan fingerprint density at radius 2 is 0.964 bits per heavy atom. The number of carboxylic acids is 1. The molecule has 2 atom stereocenters. The lowest BCUT2D eigenvalue weighted by atomic mass is 10.1. The molecule has 0 saturated carbocycles. The second-order valence-corrected chi connectivity index (χ2v) is 16.3. The zero-order chi connectivity index (χ0) is 40.7. The summed E-state index contributed by atoms with van der Waals surface area (Å²) in [6.07, 6.45) is 43.2. The standard InChI is InChI=1S/C47H85NO7/c1-6-8-10-12-14-16-18-20-22-23-24-26-28-30-32-34-36-38-46(50)55-43(41-53-40-39-44(47(51)52)48(3,4)5)42-54-45(49)37-35-33-31-29-27-25-21-19-17-15-13-11-9-7-2/h14,16,20,22,25,27,43-44H,6-13,15,17-19,21,23-24,26,28-42H2,1-5H3/p+1/b16-14+,22-20+,27-25+. The lowest BCUT2D eigenvalue weighted by molar-refractivity contribution is -0.887. The Balaban J connectivity index is 4.37. The molecule has 8 heteroatoms. The normalized spacial score (nSPS) is 13.3. The van der Waals surface area contributed by atoms with Crippen LogP contribution in [0.3, 0.4) is 0 Å². The highest BCUT2D eigenvalue weighted by atomic mass is 16.6. The Hall–Kier alpha value is -2.45. The van der Waals surface area contributed by atoms with Gasteiger partial charge in [-0.25, -0.2) is 4.79 Å². The third kappa shape index (κ3) is 36.9. The van der Waals surface area contributed by atoms with E-state index in [2.05, 4.69) is 50.3 Å². The molecule has 0 saturated heterocycles. The Labute approximate surface area is 338 Å². The topological polar surface area (TPSA) is 99.1 Å². The zero-order valence-electron chi connectivity index (χ0n) is 36.4. The van der Waals surface area contributed by atoms with E-state index in [1.54, 1.807) is 0 Å². The van der Waals surface area contributed by atoms with Crippen LogP contribution in [0.15, 0.2) is 36.5 Å². The number of carbonyl (C=O) groups is 3. The summed E-state index contributed by atoms with van der Waals surface area (Å²) in [7, 11) is 5.52. The van der Waals surface area contributed by atoms with Crippen LogP contribution in [-0.2, 0) is 28.6 Å². The largest absolute Gasteiger partial charge is 0.477 e. The van der Waals surface area contributed by atoms with E-state index in [0.29, 0.717) is 19.3 Å². The van der Waals surface area contributed by atoms with E-state index >= 15 is 0 Å². The minimum Gasteiger partial charge on any atom is -0.477 e. The number of hydrogen-bond donors (Lipinski definition) is 1. The summed E-state index contributed by atoms with van der Waals surface area (Å²) in [6, 6.07) is -0.617. The molecular formula is C47H86NO7+. The van der Waals surface area contributed by atoms with Crippen LogP contribution < -0.4 is 0 Å². The fourth-order valence-electron chi connectivity index (χ4n) is 6.47. The molecule has 0 bridgehead atoms. The first-order valence-corrected chi connectivity index (χ1v) is 22.5. The highest BCUT2D eigenvalue weighted by Crippen LogP contribution is 2.14. The maximum atomic E-state index is 12.7. The third-order valence-corrected chi connectivity index (χ3v) is 10.0. The molecule has 320 valence electrons. The molecule has 0 aromatic rings. The van der Waals surface area contributed by atoms with E-state index in [4.69, 9.17) is 14.2 Å². The molecule has 0 amide bonds. The molecule has 0 heterocycles. The second kappa shape index (κ2) is 38.4. The molecule has 8 nitrogen and oxygen atoms in total. The maximum Gasteiger partial charge on any atom is 0.362 e. The van der Waals surface area contributed by atoms with E-state index in [0.717, 1.165) is 64.2 Å². The van der Waals surface area contributed by atoms with Gasteiger partial charge in [0.1, 0.15) is 6.61 Å². The number of allylic oxidation sites excluding steroid dienone is 6. The van der Waals surface area contributed by atoms with Crippen LogP contribution in [0.1, 0.15) is 194 Å². The van der Waals surface area contributed by atoms with Crippen molar-refractivity contribution in [1.82, 2.24) is 0 Å². The molecule has 0 spiro atoms. The fourth-order valence-corrected chi connectivity index (χ4v) is 6.47. The molecule has 0 aliphatic rings. The third-order valence-electron chi connectivity index (χ3n) is 10.0. The molecule has 0 aromatic heterocycles. The predicted octanol–water partition coefficient (Wildman–Crippen LogP) is 12.2. The van der Waals surface area contributed by atoms with Gasteiger partial charge in [-0.05, 0) is 70.6 Å². The van der Waals surface area contributed by atoms with Gasteiger partial charge in [-0.2, -0.15) is 0 Å². The van der Waals surface area contributed by atoms with Gasteiger partial charge >= 0.3 is 17.9 Å². The summed E-state index contributed by atoms with van der Waals surface area (Å²) in [4.78, 5) is 37.0. The molecule has 0 rings (SSSR count). The van der Waals surface area contributed by atoms with E-state index in [9.17, 15) is 19.5 Å². The van der Waals surface area contributed by atoms with Crippen LogP contribution in [0.5, 0.6) is 0 Å². The number of quaternary nitrogens is 1. The van der Waals surface area contributed by atoms with Gasteiger partial charge in [-0.1, -0.05) is 140 Å². The Kier molecular flexibility index (Phi) is 36.7. The van der Waals surface area contributed by atoms with Crippen molar-refractivity contribution in [3.8, 4) is 0 Å². The SMILES string of the molecule is CCCCC/C=C/C/C=C/CCCCCCCCCC(=O)OC(COCCC(C(=O)O)[N+](C)(C)C)COC(=O)CCCCC/C=C/CCCCCCCCC. The minimum atomic E-state index is -0.878. The van der Waals surface area contributed by atoms with E-state index in [-0.39, 0.29) is 36.2 Å². The highest BCUT2D eigenvalue weighted by Gasteiger charge is 2.31. The monoisotopic (exact) mass is 777 g/mol. The van der Waals surface area contributed by atoms with Gasteiger partial charge in [0.2, 0.25) is 0 Å². The lowest BCUT2D eigenvalue weighted by Gasteiger charge is -2.31. The summed E-state index contributed by atoms with van der Waals surface area (Å²) in [6.45, 7) is 4.69. The van der Waals surface area contributed by atoms with Gasteiger partial charge in [0.25, 0.3) is 0 Å². The van der Waals surface area contributed by atoms with Gasteiger partial charge in [-0.3, -0.25) is 9.59 Å². The average molecular weight is 777 g/mol. The van der Waals surface area contributed by atoms with Gasteiger partial charge in [0, 0.05) is 19.3 Å². The van der Waals surface area contributed by atoms with Crippen molar-refractivity contribution in [3.63, 3.8) is 0 Å². The lowest BCUT2D eigenvalue weighted by Crippen LogP contribution is -2.50. The first-order chi connectivity index (χ1) is 26.6. The smallest absolute Gasteiger partial charge is 0.362 e. The highest BCUT2D eigenvalue weighted by molar-refractivity contribution is 5.72. The fraction of sp³-hybridized carbons (Fsp3) is 0.809. The number of likely N-dealkylation sites (N-methyl/N-ethyl adjacent to an activating group) is 1. The number of aliphatic carboxylic acids is 1. The van der Waals surface area contributed by atoms with Crippen LogP contribution in [0.2, 0.25) is 0 Å². The van der Waals surface area contributed by atoms with Crippen molar-refractivity contribution in [2.45, 2.75) is 206 Å². The number of carboxylic acid groups (broad SMARTS) is 1. The van der Waals surface area contributed by atoms with Gasteiger partial charge in [-0.15, -0.1) is 0 Å².